The maximum Gasteiger partial charge on any atom is 0.573 e. The first-order chi connectivity index (χ1) is 11.9. The van der Waals surface area contributed by atoms with Crippen LogP contribution in [0.15, 0.2) is 45.8 Å². The summed E-state index contributed by atoms with van der Waals surface area (Å²) in [6, 6.07) is 7.14. The number of aryl methyl sites for hydroxylation is 1. The highest BCUT2D eigenvalue weighted by Crippen LogP contribution is 2.39. The van der Waals surface area contributed by atoms with Gasteiger partial charge in [0.05, 0.1) is 20.6 Å². The van der Waals surface area contributed by atoms with Gasteiger partial charge in [0.15, 0.2) is 5.75 Å². The lowest BCUT2D eigenvalue weighted by Gasteiger charge is -2.17. The molecule has 2 aromatic rings. The lowest BCUT2D eigenvalue weighted by molar-refractivity contribution is -0.274. The maximum absolute atomic E-state index is 12.6. The first kappa shape index (κ1) is 20.0. The van der Waals surface area contributed by atoms with Gasteiger partial charge in [-0.25, -0.2) is 13.2 Å². The Morgan fingerprint density at radius 3 is 2.27 bits per heavy atom. The van der Waals surface area contributed by atoms with E-state index < -0.39 is 39.4 Å². The summed E-state index contributed by atoms with van der Waals surface area (Å²) in [6.07, 6.45) is -5.11. The Kier molecular flexibility index (Phi) is 5.52. The number of aromatic carboxylic acids is 1. The summed E-state index contributed by atoms with van der Waals surface area (Å²) < 4.78 is 68.1. The molecule has 140 valence electrons. The van der Waals surface area contributed by atoms with Crippen LogP contribution in [0.1, 0.15) is 15.9 Å². The fourth-order valence-corrected chi connectivity index (χ4v) is 3.53. The molecule has 0 spiro atoms. The average Bonchev–Trinajstić information content (AvgIpc) is 2.49. The zero-order chi connectivity index (χ0) is 19.7. The summed E-state index contributed by atoms with van der Waals surface area (Å²) in [4.78, 5) is 10.9. The van der Waals surface area contributed by atoms with Crippen molar-refractivity contribution < 1.29 is 36.2 Å². The molecule has 0 unspecified atom stereocenters. The third-order valence-corrected chi connectivity index (χ3v) is 5.05. The Morgan fingerprint density at radius 2 is 1.77 bits per heavy atom. The Bertz CT molecular complexity index is 943. The molecule has 2 N–H and O–H groups in total. The van der Waals surface area contributed by atoms with Crippen LogP contribution in [0.25, 0.3) is 0 Å². The van der Waals surface area contributed by atoms with Crippen LogP contribution >= 0.6 is 15.9 Å². The number of halogens is 4. The number of alkyl halides is 3. The first-order valence-corrected chi connectivity index (χ1v) is 9.09. The van der Waals surface area contributed by atoms with Crippen molar-refractivity contribution in [2.75, 3.05) is 4.72 Å². The van der Waals surface area contributed by atoms with E-state index in [4.69, 9.17) is 5.11 Å². The van der Waals surface area contributed by atoms with Crippen LogP contribution in [-0.4, -0.2) is 25.9 Å². The number of nitrogens with one attached hydrogen (secondary N) is 1. The number of carbonyl (C=O) groups is 1. The van der Waals surface area contributed by atoms with Crippen molar-refractivity contribution in [1.82, 2.24) is 0 Å². The number of benzene rings is 2. The SMILES string of the molecule is Cc1ccc(S(=O)(=O)Nc2cc(C(=O)O)cc(Br)c2OC(F)(F)F)cc1. The molecule has 0 fully saturated rings. The predicted molar refractivity (Wildman–Crippen MR) is 89.8 cm³/mol. The van der Waals surface area contributed by atoms with E-state index in [1.54, 1.807) is 6.92 Å². The Hall–Kier alpha value is -2.27. The van der Waals surface area contributed by atoms with Gasteiger partial charge in [0, 0.05) is 0 Å². The van der Waals surface area contributed by atoms with Gasteiger partial charge in [0.1, 0.15) is 0 Å². The van der Waals surface area contributed by atoms with Crippen molar-refractivity contribution in [3.63, 3.8) is 0 Å². The van der Waals surface area contributed by atoms with Gasteiger partial charge >= 0.3 is 12.3 Å². The van der Waals surface area contributed by atoms with Gasteiger partial charge in [0.2, 0.25) is 0 Å². The molecule has 0 saturated heterocycles. The highest BCUT2D eigenvalue weighted by Gasteiger charge is 2.34. The topological polar surface area (TPSA) is 92.7 Å². The standard InChI is InChI=1S/C15H11BrF3NO5S/c1-8-2-4-10(5-3-8)26(23,24)20-12-7-9(14(21)22)6-11(16)13(12)25-15(17,18)19/h2-7,20H,1H3,(H,21,22). The molecule has 2 rings (SSSR count). The lowest BCUT2D eigenvalue weighted by Crippen LogP contribution is -2.20. The number of anilines is 1. The normalized spacial score (nSPS) is 11.9. The predicted octanol–water partition coefficient (Wildman–Crippen LogP) is 4.16. The van der Waals surface area contributed by atoms with Crippen molar-refractivity contribution in [2.24, 2.45) is 0 Å². The molecule has 26 heavy (non-hydrogen) atoms. The number of sulfonamides is 1. The van der Waals surface area contributed by atoms with Crippen molar-refractivity contribution in [3.05, 3.63) is 52.0 Å². The Balaban J connectivity index is 2.55. The minimum absolute atomic E-state index is 0.210. The molecule has 11 heteroatoms. The smallest absolute Gasteiger partial charge is 0.478 e. The molecule has 2 aromatic carbocycles. The second-order valence-corrected chi connectivity index (χ2v) is 7.64. The minimum atomic E-state index is -5.11. The highest BCUT2D eigenvalue weighted by molar-refractivity contribution is 9.10. The molecule has 0 atom stereocenters. The fourth-order valence-electron chi connectivity index (χ4n) is 1.93. The molecule has 0 heterocycles. The van der Waals surface area contributed by atoms with Gasteiger partial charge in [0.25, 0.3) is 10.0 Å². The van der Waals surface area contributed by atoms with Gasteiger partial charge in [-0.2, -0.15) is 0 Å². The second kappa shape index (κ2) is 7.16. The zero-order valence-corrected chi connectivity index (χ0v) is 15.4. The second-order valence-electron chi connectivity index (χ2n) is 5.11. The molecular weight excluding hydrogens is 443 g/mol. The van der Waals surface area contributed by atoms with Crippen LogP contribution in [0.3, 0.4) is 0 Å². The summed E-state index contributed by atoms with van der Waals surface area (Å²) in [5.41, 5.74) is -0.330. The van der Waals surface area contributed by atoms with Crippen LogP contribution in [0.5, 0.6) is 5.75 Å². The number of hydrogen-bond acceptors (Lipinski definition) is 4. The number of carboxylic acid groups (broad SMARTS) is 1. The molecule has 0 amide bonds. The minimum Gasteiger partial charge on any atom is -0.478 e. The number of hydrogen-bond donors (Lipinski definition) is 2. The summed E-state index contributed by atoms with van der Waals surface area (Å²) in [5.74, 6) is -2.36. The molecule has 0 radical (unpaired) electrons. The van der Waals surface area contributed by atoms with Crippen molar-refractivity contribution >= 4 is 37.6 Å². The summed E-state index contributed by atoms with van der Waals surface area (Å²) >= 11 is 2.77. The highest BCUT2D eigenvalue weighted by atomic mass is 79.9. The third-order valence-electron chi connectivity index (χ3n) is 3.08. The van der Waals surface area contributed by atoms with Gasteiger partial charge < -0.3 is 9.84 Å². The lowest BCUT2D eigenvalue weighted by atomic mass is 10.2. The van der Waals surface area contributed by atoms with Gasteiger partial charge in [-0.05, 0) is 47.1 Å². The van der Waals surface area contributed by atoms with E-state index in [1.807, 2.05) is 4.72 Å². The molecule has 0 aliphatic carbocycles. The van der Waals surface area contributed by atoms with Crippen molar-refractivity contribution in [3.8, 4) is 5.75 Å². The summed E-state index contributed by atoms with van der Waals surface area (Å²) in [5, 5.41) is 9.04. The third kappa shape index (κ3) is 4.88. The largest absolute Gasteiger partial charge is 0.573 e. The van der Waals surface area contributed by atoms with Crippen molar-refractivity contribution in [1.29, 1.82) is 0 Å². The Labute approximate surface area is 154 Å². The number of carboxylic acids is 1. The van der Waals surface area contributed by atoms with E-state index in [0.29, 0.717) is 0 Å². The van der Waals surface area contributed by atoms with Gasteiger partial charge in [-0.3, -0.25) is 4.72 Å². The molecule has 0 bridgehead atoms. The number of ether oxygens (including phenoxy) is 1. The monoisotopic (exact) mass is 453 g/mol. The van der Waals surface area contributed by atoms with Gasteiger partial charge in [-0.15, -0.1) is 13.2 Å². The van der Waals surface area contributed by atoms with E-state index in [-0.39, 0.29) is 9.37 Å². The quantitative estimate of drug-likeness (QED) is 0.708. The molecule has 0 aliphatic heterocycles. The van der Waals surface area contributed by atoms with Crippen LogP contribution in [0.4, 0.5) is 18.9 Å². The number of rotatable bonds is 5. The first-order valence-electron chi connectivity index (χ1n) is 6.81. The van der Waals surface area contributed by atoms with Gasteiger partial charge in [-0.1, -0.05) is 17.7 Å². The zero-order valence-electron chi connectivity index (χ0n) is 13.0. The van der Waals surface area contributed by atoms with E-state index in [9.17, 15) is 26.4 Å². The molecule has 0 aromatic heterocycles. The van der Waals surface area contributed by atoms with E-state index in [2.05, 4.69) is 20.7 Å². The van der Waals surface area contributed by atoms with Crippen LogP contribution < -0.4 is 9.46 Å². The van der Waals surface area contributed by atoms with Crippen LogP contribution in [0.2, 0.25) is 0 Å². The van der Waals surface area contributed by atoms with Crippen LogP contribution in [0, 0.1) is 6.92 Å². The van der Waals surface area contributed by atoms with E-state index in [1.165, 1.54) is 24.3 Å². The average molecular weight is 454 g/mol. The Morgan fingerprint density at radius 1 is 1.19 bits per heavy atom. The summed E-state index contributed by atoms with van der Waals surface area (Å²) in [7, 11) is -4.28. The molecule has 0 aliphatic rings. The van der Waals surface area contributed by atoms with E-state index in [0.717, 1.165) is 17.7 Å². The molecule has 0 saturated carbocycles. The maximum atomic E-state index is 12.6. The van der Waals surface area contributed by atoms with Crippen molar-refractivity contribution in [2.45, 2.75) is 18.2 Å². The molecule has 6 nitrogen and oxygen atoms in total. The molecular formula is C15H11BrF3NO5S. The van der Waals surface area contributed by atoms with E-state index >= 15 is 0 Å². The van der Waals surface area contributed by atoms with Crippen LogP contribution in [-0.2, 0) is 10.0 Å². The fraction of sp³-hybridized carbons (Fsp3) is 0.133. The summed E-state index contributed by atoms with van der Waals surface area (Å²) in [6.45, 7) is 1.73.